The molecule has 0 saturated heterocycles. The maximum Gasteiger partial charge on any atom is 0.338 e. The van der Waals surface area contributed by atoms with Gasteiger partial charge in [-0.1, -0.05) is 53.3 Å². The summed E-state index contributed by atoms with van der Waals surface area (Å²) in [6, 6.07) is 12.8. The molecule has 2 heterocycles. The van der Waals surface area contributed by atoms with Gasteiger partial charge in [0.2, 0.25) is 0 Å². The summed E-state index contributed by atoms with van der Waals surface area (Å²) in [5, 5.41) is 12.4. The van der Waals surface area contributed by atoms with E-state index in [0.717, 1.165) is 16.9 Å². The quantitative estimate of drug-likeness (QED) is 0.506. The predicted octanol–water partition coefficient (Wildman–Crippen LogP) is 3.17. The molecule has 2 aromatic carbocycles. The molecule has 4 rings (SSSR count). The van der Waals surface area contributed by atoms with Gasteiger partial charge in [-0.15, -0.1) is 0 Å². The molecule has 0 spiro atoms. The van der Waals surface area contributed by atoms with Gasteiger partial charge in [-0.25, -0.2) is 14.6 Å². The molecule has 0 unspecified atom stereocenters. The number of carbonyl (C=O) groups is 2. The SMILES string of the molecule is CCOC(=O)C1=C(C)N=c2s/c(=C\Nc3cc(C(=O)O)ccc3Cl)c(=O)n2[C@H]1c1ccccc1. The van der Waals surface area contributed by atoms with Crippen LogP contribution in [-0.4, -0.2) is 28.2 Å². The topological polar surface area (TPSA) is 110 Å². The standard InChI is InChI=1S/C24H20ClN3O5S/c1-3-33-23(32)19-13(2)27-24-28(20(19)14-7-5-4-6-8-14)21(29)18(34-24)12-26-17-11-15(22(30)31)9-10-16(17)25/h4-12,20,26H,3H2,1-2H3,(H,30,31)/b18-12-/t20-/m0/s1. The Balaban J connectivity index is 1.84. The van der Waals surface area contributed by atoms with Crippen molar-refractivity contribution in [3.63, 3.8) is 0 Å². The number of anilines is 1. The van der Waals surface area contributed by atoms with Gasteiger partial charge in [-0.3, -0.25) is 9.36 Å². The number of carbonyl (C=O) groups excluding carboxylic acids is 1. The lowest BCUT2D eigenvalue weighted by Crippen LogP contribution is -2.40. The summed E-state index contributed by atoms with van der Waals surface area (Å²) in [4.78, 5) is 42.5. The molecule has 1 aliphatic rings. The third kappa shape index (κ3) is 4.40. The number of carboxylic acids is 1. The van der Waals surface area contributed by atoms with Crippen LogP contribution in [0.15, 0.2) is 69.6 Å². The summed E-state index contributed by atoms with van der Waals surface area (Å²) in [6.45, 7) is 3.63. The van der Waals surface area contributed by atoms with Crippen LogP contribution in [0.1, 0.15) is 35.8 Å². The molecule has 3 aromatic rings. The molecule has 1 aliphatic heterocycles. The molecule has 1 aromatic heterocycles. The number of nitrogens with one attached hydrogen (secondary N) is 1. The Bertz CT molecular complexity index is 1490. The lowest BCUT2D eigenvalue weighted by atomic mass is 9.96. The fourth-order valence-electron chi connectivity index (χ4n) is 3.65. The van der Waals surface area contributed by atoms with E-state index in [1.54, 1.807) is 13.8 Å². The van der Waals surface area contributed by atoms with Crippen LogP contribution in [0.25, 0.3) is 6.20 Å². The molecule has 0 radical (unpaired) electrons. The number of halogens is 1. The van der Waals surface area contributed by atoms with E-state index in [4.69, 9.17) is 16.3 Å². The molecule has 0 saturated carbocycles. The van der Waals surface area contributed by atoms with E-state index in [1.165, 1.54) is 29.0 Å². The first-order valence-electron chi connectivity index (χ1n) is 10.3. The molecule has 8 nitrogen and oxygen atoms in total. The molecule has 34 heavy (non-hydrogen) atoms. The highest BCUT2D eigenvalue weighted by Gasteiger charge is 2.33. The number of fused-ring (bicyclic) bond motifs is 1. The first-order valence-corrected chi connectivity index (χ1v) is 11.5. The number of aromatic nitrogens is 1. The van der Waals surface area contributed by atoms with Crippen LogP contribution in [0.5, 0.6) is 0 Å². The van der Waals surface area contributed by atoms with Crippen molar-refractivity contribution in [3.8, 4) is 0 Å². The van der Waals surface area contributed by atoms with E-state index in [-0.39, 0.29) is 17.7 Å². The molecule has 0 bridgehead atoms. The second-order valence-electron chi connectivity index (χ2n) is 7.36. The normalized spacial score (nSPS) is 15.5. The number of rotatable bonds is 6. The fraction of sp³-hybridized carbons (Fsp3) is 0.167. The summed E-state index contributed by atoms with van der Waals surface area (Å²) in [5.74, 6) is -1.62. The Hall–Kier alpha value is -3.69. The van der Waals surface area contributed by atoms with Crippen LogP contribution >= 0.6 is 22.9 Å². The van der Waals surface area contributed by atoms with Crippen LogP contribution in [0.3, 0.4) is 0 Å². The van der Waals surface area contributed by atoms with Crippen LogP contribution in [0.4, 0.5) is 5.69 Å². The molecule has 2 N–H and O–H groups in total. The Kier molecular flexibility index (Phi) is 6.67. The second kappa shape index (κ2) is 9.66. The molecular formula is C24H20ClN3O5S. The molecule has 10 heteroatoms. The number of nitrogens with zero attached hydrogens (tertiary/aromatic N) is 2. The summed E-state index contributed by atoms with van der Waals surface area (Å²) in [6.07, 6.45) is 1.46. The highest BCUT2D eigenvalue weighted by Crippen LogP contribution is 2.30. The summed E-state index contributed by atoms with van der Waals surface area (Å²) < 4.78 is 7.05. The number of carboxylic acid groups (broad SMARTS) is 1. The fourth-order valence-corrected chi connectivity index (χ4v) is 4.80. The summed E-state index contributed by atoms with van der Waals surface area (Å²) in [5.41, 5.74) is 1.57. The lowest BCUT2D eigenvalue weighted by molar-refractivity contribution is -0.139. The minimum atomic E-state index is -1.09. The first kappa shape index (κ1) is 23.5. The Labute approximate surface area is 203 Å². The highest BCUT2D eigenvalue weighted by atomic mass is 35.5. The van der Waals surface area contributed by atoms with Crippen molar-refractivity contribution in [2.24, 2.45) is 4.99 Å². The summed E-state index contributed by atoms with van der Waals surface area (Å²) >= 11 is 7.33. The number of hydrogen-bond donors (Lipinski definition) is 2. The average Bonchev–Trinajstić information content (AvgIpc) is 3.12. The second-order valence-corrected chi connectivity index (χ2v) is 8.77. The van der Waals surface area contributed by atoms with Gasteiger partial charge in [0.05, 0.1) is 40.2 Å². The zero-order chi connectivity index (χ0) is 24.4. The van der Waals surface area contributed by atoms with Gasteiger partial charge in [0, 0.05) is 6.20 Å². The number of hydrogen-bond acceptors (Lipinski definition) is 7. The van der Waals surface area contributed by atoms with Crippen molar-refractivity contribution in [1.29, 1.82) is 0 Å². The average molecular weight is 498 g/mol. The number of benzene rings is 2. The monoisotopic (exact) mass is 497 g/mol. The largest absolute Gasteiger partial charge is 0.478 e. The van der Waals surface area contributed by atoms with Crippen molar-refractivity contribution in [1.82, 2.24) is 4.57 Å². The van der Waals surface area contributed by atoms with Gasteiger partial charge < -0.3 is 15.2 Å². The molecule has 0 amide bonds. The van der Waals surface area contributed by atoms with Gasteiger partial charge in [0.25, 0.3) is 5.56 Å². The van der Waals surface area contributed by atoms with Crippen molar-refractivity contribution in [2.45, 2.75) is 19.9 Å². The highest BCUT2D eigenvalue weighted by molar-refractivity contribution is 7.07. The Morgan fingerprint density at radius 2 is 2.00 bits per heavy atom. The molecular weight excluding hydrogens is 478 g/mol. The minimum Gasteiger partial charge on any atom is -0.478 e. The predicted molar refractivity (Wildman–Crippen MR) is 130 cm³/mol. The first-order chi connectivity index (χ1) is 16.3. The van der Waals surface area contributed by atoms with Gasteiger partial charge in [-0.2, -0.15) is 0 Å². The Morgan fingerprint density at radius 1 is 1.26 bits per heavy atom. The van der Waals surface area contributed by atoms with E-state index >= 15 is 0 Å². The molecule has 174 valence electrons. The Morgan fingerprint density at radius 3 is 2.68 bits per heavy atom. The maximum absolute atomic E-state index is 13.5. The number of ether oxygens (including phenoxy) is 1. The number of esters is 1. The van der Waals surface area contributed by atoms with Gasteiger partial charge in [0.15, 0.2) is 4.80 Å². The van der Waals surface area contributed by atoms with Crippen molar-refractivity contribution in [2.75, 3.05) is 11.9 Å². The van der Waals surface area contributed by atoms with Gasteiger partial charge in [-0.05, 0) is 37.6 Å². The summed E-state index contributed by atoms with van der Waals surface area (Å²) in [7, 11) is 0. The lowest BCUT2D eigenvalue weighted by Gasteiger charge is -2.24. The number of allylic oxidation sites excluding steroid dienone is 1. The smallest absolute Gasteiger partial charge is 0.338 e. The van der Waals surface area contributed by atoms with E-state index < -0.39 is 18.0 Å². The van der Waals surface area contributed by atoms with Crippen LogP contribution < -0.4 is 20.2 Å². The van der Waals surface area contributed by atoms with E-state index in [9.17, 15) is 19.5 Å². The molecule has 0 aliphatic carbocycles. The van der Waals surface area contributed by atoms with Gasteiger partial charge in [0.1, 0.15) is 4.53 Å². The molecule has 1 atom stereocenters. The van der Waals surface area contributed by atoms with E-state index in [1.807, 2.05) is 30.3 Å². The molecule has 0 fully saturated rings. The van der Waals surface area contributed by atoms with E-state index in [0.29, 0.717) is 31.3 Å². The van der Waals surface area contributed by atoms with E-state index in [2.05, 4.69) is 10.3 Å². The third-order valence-electron chi connectivity index (χ3n) is 5.20. The zero-order valence-electron chi connectivity index (χ0n) is 18.2. The van der Waals surface area contributed by atoms with Crippen molar-refractivity contribution in [3.05, 3.63) is 95.6 Å². The number of aromatic carboxylic acids is 1. The third-order valence-corrected chi connectivity index (χ3v) is 6.52. The van der Waals surface area contributed by atoms with Gasteiger partial charge >= 0.3 is 11.9 Å². The van der Waals surface area contributed by atoms with Crippen LogP contribution in [0, 0.1) is 0 Å². The van der Waals surface area contributed by atoms with Crippen LogP contribution in [-0.2, 0) is 9.53 Å². The number of thiazole rings is 1. The minimum absolute atomic E-state index is 0.0561. The van der Waals surface area contributed by atoms with Crippen LogP contribution in [0.2, 0.25) is 5.02 Å². The van der Waals surface area contributed by atoms with Crippen molar-refractivity contribution >= 4 is 46.8 Å². The maximum atomic E-state index is 13.5. The zero-order valence-corrected chi connectivity index (χ0v) is 19.8. The van der Waals surface area contributed by atoms with Crippen molar-refractivity contribution < 1.29 is 19.4 Å².